The summed E-state index contributed by atoms with van der Waals surface area (Å²) in [5, 5.41) is 16.3. The van der Waals surface area contributed by atoms with E-state index >= 15 is 0 Å². The Balaban J connectivity index is 1.52. The van der Waals surface area contributed by atoms with Crippen LogP contribution in [0.25, 0.3) is 0 Å². The number of ketones is 1. The van der Waals surface area contributed by atoms with Crippen molar-refractivity contribution in [2.75, 3.05) is 38.0 Å². The van der Waals surface area contributed by atoms with Crippen LogP contribution < -0.4 is 10.6 Å². The van der Waals surface area contributed by atoms with Crippen molar-refractivity contribution in [2.45, 2.75) is 38.6 Å². The second-order valence-corrected chi connectivity index (χ2v) is 11.2. The highest BCUT2D eigenvalue weighted by atomic mass is 35.5. The molecule has 2 heterocycles. The number of benzene rings is 2. The van der Waals surface area contributed by atoms with Gasteiger partial charge in [0.15, 0.2) is 6.19 Å². The maximum Gasteiger partial charge on any atom is 0.229 e. The van der Waals surface area contributed by atoms with Crippen LogP contribution in [0.1, 0.15) is 31.7 Å². The van der Waals surface area contributed by atoms with Gasteiger partial charge in [0.2, 0.25) is 11.9 Å². The van der Waals surface area contributed by atoms with Gasteiger partial charge >= 0.3 is 0 Å². The lowest BCUT2D eigenvalue weighted by molar-refractivity contribution is -0.140. The highest BCUT2D eigenvalue weighted by Gasteiger charge is 2.38. The number of Topliss-reactive ketones (excluding diaryl/α,β-unsaturated/α-hetero) is 1. The number of hydrogen-bond donors (Lipinski definition) is 2. The van der Waals surface area contributed by atoms with Crippen LogP contribution in [0.5, 0.6) is 0 Å². The second-order valence-electron chi connectivity index (χ2n) is 10.3. The number of para-hydroxylation sites is 1. The summed E-state index contributed by atoms with van der Waals surface area (Å²) < 4.78 is 0. The first-order valence-electron chi connectivity index (χ1n) is 13.3. The summed E-state index contributed by atoms with van der Waals surface area (Å²) in [4.78, 5) is 34.7. The average molecular weight is 570 g/mol. The Morgan fingerprint density at radius 2 is 1.85 bits per heavy atom. The van der Waals surface area contributed by atoms with Crippen molar-refractivity contribution < 1.29 is 9.59 Å². The van der Waals surface area contributed by atoms with Crippen LogP contribution in [0.3, 0.4) is 0 Å². The number of nitrogens with one attached hydrogen (secondary N) is 2. The number of halogens is 2. The summed E-state index contributed by atoms with van der Waals surface area (Å²) in [7, 11) is 0. The lowest BCUT2D eigenvalue weighted by atomic mass is 9.87. The van der Waals surface area contributed by atoms with Gasteiger partial charge in [-0.3, -0.25) is 19.8 Å². The van der Waals surface area contributed by atoms with Crippen molar-refractivity contribution in [1.29, 1.82) is 5.26 Å². The van der Waals surface area contributed by atoms with E-state index in [1.165, 1.54) is 5.56 Å². The van der Waals surface area contributed by atoms with E-state index in [0.717, 1.165) is 19.3 Å². The van der Waals surface area contributed by atoms with Gasteiger partial charge in [0.05, 0.1) is 29.2 Å². The van der Waals surface area contributed by atoms with E-state index in [1.807, 2.05) is 52.4 Å². The second kappa shape index (κ2) is 13.8. The zero-order chi connectivity index (χ0) is 27.8. The highest BCUT2D eigenvalue weighted by molar-refractivity contribution is 6.33. The largest absolute Gasteiger partial charge is 0.342 e. The molecule has 39 heavy (non-hydrogen) atoms. The first-order chi connectivity index (χ1) is 18.8. The minimum atomic E-state index is -0.434. The van der Waals surface area contributed by atoms with Crippen LogP contribution in [0, 0.1) is 23.3 Å². The molecule has 206 valence electrons. The van der Waals surface area contributed by atoms with Crippen LogP contribution in [-0.2, 0) is 16.0 Å². The fraction of sp³-hybridized carbons (Fsp3) is 0.448. The van der Waals surface area contributed by atoms with E-state index in [2.05, 4.69) is 10.6 Å². The number of anilines is 1. The maximum absolute atomic E-state index is 14.0. The fourth-order valence-electron chi connectivity index (χ4n) is 5.49. The predicted molar refractivity (Wildman–Crippen MR) is 155 cm³/mol. The van der Waals surface area contributed by atoms with Gasteiger partial charge in [-0.2, -0.15) is 5.26 Å². The summed E-state index contributed by atoms with van der Waals surface area (Å²) in [5.74, 6) is 0.285. The molecule has 3 unspecified atom stereocenters. The third-order valence-electron chi connectivity index (χ3n) is 7.29. The quantitative estimate of drug-likeness (QED) is 0.219. The molecule has 10 heteroatoms. The summed E-state index contributed by atoms with van der Waals surface area (Å²) in [5.41, 5.74) is 1.82. The molecule has 2 aliphatic heterocycles. The minimum Gasteiger partial charge on any atom is -0.342 e. The van der Waals surface area contributed by atoms with E-state index in [0.29, 0.717) is 60.8 Å². The smallest absolute Gasteiger partial charge is 0.229 e. The van der Waals surface area contributed by atoms with Gasteiger partial charge in [0.1, 0.15) is 5.78 Å². The molecule has 0 aromatic heterocycles. The molecular weight excluding hydrogens is 535 g/mol. The van der Waals surface area contributed by atoms with Gasteiger partial charge in [-0.25, -0.2) is 4.99 Å². The van der Waals surface area contributed by atoms with Gasteiger partial charge in [-0.05, 0) is 68.4 Å². The monoisotopic (exact) mass is 568 g/mol. The zero-order valence-corrected chi connectivity index (χ0v) is 23.6. The molecule has 2 fully saturated rings. The van der Waals surface area contributed by atoms with Crippen molar-refractivity contribution in [3.8, 4) is 6.19 Å². The molecule has 0 aliphatic carbocycles. The first-order valence-corrected chi connectivity index (χ1v) is 14.1. The van der Waals surface area contributed by atoms with Crippen LogP contribution in [-0.4, -0.2) is 66.2 Å². The molecule has 1 amide bonds. The van der Waals surface area contributed by atoms with E-state index in [4.69, 9.17) is 28.2 Å². The molecule has 4 rings (SSSR count). The maximum atomic E-state index is 14.0. The minimum absolute atomic E-state index is 0.0480. The molecular formula is C29H34Cl2N6O2. The van der Waals surface area contributed by atoms with Gasteiger partial charge in [0, 0.05) is 31.2 Å². The van der Waals surface area contributed by atoms with Crippen molar-refractivity contribution in [1.82, 2.24) is 15.1 Å². The molecule has 2 N–H and O–H groups in total. The standard InChI is InChI=1S/C29H34Cl2N6O2/c1-20(38)16-36-14-12-26(34-29(33-19-32)35-27-7-3-2-6-25(27)31)24(18-36)28(39)37-13-4-5-22(17-37)15-21-8-10-23(30)11-9-21/h2-3,6-11,22,24,26H,4-5,12-18H2,1H3,(H2,33,34,35). The Hall–Kier alpha value is -3.12. The predicted octanol–water partition coefficient (Wildman–Crippen LogP) is 4.59. The van der Waals surface area contributed by atoms with E-state index in [9.17, 15) is 14.9 Å². The molecule has 2 aliphatic rings. The van der Waals surface area contributed by atoms with Crippen LogP contribution in [0.4, 0.5) is 5.69 Å². The number of aliphatic imine (C=N–C) groups is 1. The normalized spacial score (nSPS) is 22.2. The lowest BCUT2D eigenvalue weighted by Crippen LogP contribution is -2.53. The molecule has 8 nitrogen and oxygen atoms in total. The molecule has 2 saturated heterocycles. The van der Waals surface area contributed by atoms with Crippen molar-refractivity contribution in [2.24, 2.45) is 16.8 Å². The first kappa shape index (κ1) is 28.9. The summed E-state index contributed by atoms with van der Waals surface area (Å²) >= 11 is 12.4. The van der Waals surface area contributed by atoms with Crippen LogP contribution >= 0.6 is 23.2 Å². The van der Waals surface area contributed by atoms with Crippen LogP contribution in [0.2, 0.25) is 10.0 Å². The topological polar surface area (TPSA) is 101 Å². The Labute approximate surface area is 240 Å². The van der Waals surface area contributed by atoms with Crippen molar-refractivity contribution in [3.63, 3.8) is 0 Å². The number of carbonyl (C=O) groups is 2. The van der Waals surface area contributed by atoms with E-state index in [1.54, 1.807) is 19.1 Å². The van der Waals surface area contributed by atoms with Crippen molar-refractivity contribution >= 4 is 46.5 Å². The molecule has 0 saturated carbocycles. The number of hydrogen-bond acceptors (Lipinski definition) is 5. The zero-order valence-electron chi connectivity index (χ0n) is 22.1. The third-order valence-corrected chi connectivity index (χ3v) is 7.87. The third kappa shape index (κ3) is 8.18. The van der Waals surface area contributed by atoms with Gasteiger partial charge in [0.25, 0.3) is 0 Å². The number of amides is 1. The highest BCUT2D eigenvalue weighted by Crippen LogP contribution is 2.28. The lowest BCUT2D eigenvalue weighted by Gasteiger charge is -2.40. The fourth-order valence-corrected chi connectivity index (χ4v) is 5.80. The number of guanidine groups is 1. The SMILES string of the molecule is CC(=O)CN1CCC(N=C(NC#N)Nc2ccccc2Cl)C(C(=O)N2CCCC(Cc3ccc(Cl)cc3)C2)C1. The summed E-state index contributed by atoms with van der Waals surface area (Å²) in [6.07, 6.45) is 5.41. The number of likely N-dealkylation sites (tertiary alicyclic amines) is 2. The number of nitriles is 1. The molecule has 0 spiro atoms. The number of rotatable bonds is 7. The Morgan fingerprint density at radius 3 is 2.56 bits per heavy atom. The Kier molecular flexibility index (Phi) is 10.2. The van der Waals surface area contributed by atoms with Crippen molar-refractivity contribution in [3.05, 3.63) is 64.1 Å². The molecule has 2 aromatic carbocycles. The van der Waals surface area contributed by atoms with Gasteiger partial charge in [-0.1, -0.05) is 47.5 Å². The summed E-state index contributed by atoms with van der Waals surface area (Å²) in [6, 6.07) is 14.7. The van der Waals surface area contributed by atoms with Crippen LogP contribution in [0.15, 0.2) is 53.5 Å². The van der Waals surface area contributed by atoms with E-state index < -0.39 is 5.92 Å². The number of carbonyl (C=O) groups excluding carboxylic acids is 2. The Bertz CT molecular complexity index is 1230. The number of piperidine rings is 2. The van der Waals surface area contributed by atoms with Gasteiger partial charge in [-0.15, -0.1) is 0 Å². The number of nitrogens with zero attached hydrogens (tertiary/aromatic N) is 4. The average Bonchev–Trinajstić information content (AvgIpc) is 2.92. The molecule has 0 bridgehead atoms. The molecule has 0 radical (unpaired) electrons. The van der Waals surface area contributed by atoms with E-state index in [-0.39, 0.29) is 23.7 Å². The summed E-state index contributed by atoms with van der Waals surface area (Å²) in [6.45, 7) is 4.34. The Morgan fingerprint density at radius 1 is 1.08 bits per heavy atom. The van der Waals surface area contributed by atoms with Gasteiger partial charge < -0.3 is 10.2 Å². The molecule has 2 aromatic rings. The molecule has 3 atom stereocenters.